The third kappa shape index (κ3) is 3.25. The molecule has 0 bridgehead atoms. The van der Waals surface area contributed by atoms with Gasteiger partial charge in [0.1, 0.15) is 5.76 Å². The van der Waals surface area contributed by atoms with E-state index in [2.05, 4.69) is 11.1 Å². The molecule has 1 amide bonds. The van der Waals surface area contributed by atoms with E-state index >= 15 is 0 Å². The summed E-state index contributed by atoms with van der Waals surface area (Å²) >= 11 is 1.39. The van der Waals surface area contributed by atoms with Gasteiger partial charge >= 0.3 is 0 Å². The smallest absolute Gasteiger partial charge is 0.256 e. The number of nitrogens with zero attached hydrogens (tertiary/aromatic N) is 3. The molecule has 0 saturated carbocycles. The van der Waals surface area contributed by atoms with Crippen LogP contribution in [0, 0.1) is 25.2 Å². The van der Waals surface area contributed by atoms with Crippen LogP contribution >= 0.6 is 11.8 Å². The summed E-state index contributed by atoms with van der Waals surface area (Å²) in [6, 6.07) is 9.21. The summed E-state index contributed by atoms with van der Waals surface area (Å²) in [4.78, 5) is 18.9. The van der Waals surface area contributed by atoms with Gasteiger partial charge in [-0.2, -0.15) is 5.26 Å². The summed E-state index contributed by atoms with van der Waals surface area (Å²) in [7, 11) is 0. The number of aromatic nitrogens is 1. The quantitative estimate of drug-likeness (QED) is 0.863. The highest BCUT2D eigenvalue weighted by molar-refractivity contribution is 8.00. The number of anilines is 1. The van der Waals surface area contributed by atoms with Crippen LogP contribution in [0.1, 0.15) is 29.9 Å². The lowest BCUT2D eigenvalue weighted by Gasteiger charge is -2.31. The number of carbonyl (C=O) groups excluding carboxylic acids is 1. The molecule has 0 aliphatic carbocycles. The molecule has 0 radical (unpaired) electrons. The Labute approximate surface area is 139 Å². The number of amides is 1. The molecule has 2 heterocycles. The lowest BCUT2D eigenvalue weighted by atomic mass is 10.1. The van der Waals surface area contributed by atoms with Gasteiger partial charge in [0, 0.05) is 12.2 Å². The number of rotatable bonds is 3. The minimum absolute atomic E-state index is 0.0689. The number of thioether (sulfide) groups is 1. The summed E-state index contributed by atoms with van der Waals surface area (Å²) in [6.07, 6.45) is 1.75. The van der Waals surface area contributed by atoms with Gasteiger partial charge in [0.05, 0.1) is 22.6 Å². The van der Waals surface area contributed by atoms with E-state index in [9.17, 15) is 4.79 Å². The van der Waals surface area contributed by atoms with Crippen LogP contribution in [-0.2, 0) is 4.79 Å². The van der Waals surface area contributed by atoms with Gasteiger partial charge in [-0.25, -0.2) is 4.98 Å². The molecule has 0 N–H and O–H groups in total. The van der Waals surface area contributed by atoms with Crippen molar-refractivity contribution in [2.45, 2.75) is 37.2 Å². The molecule has 6 heteroatoms. The van der Waals surface area contributed by atoms with Crippen molar-refractivity contribution < 1.29 is 9.21 Å². The Hall–Kier alpha value is -2.26. The van der Waals surface area contributed by atoms with Crippen molar-refractivity contribution in [1.82, 2.24) is 4.98 Å². The summed E-state index contributed by atoms with van der Waals surface area (Å²) in [5.74, 6) is 0.860. The monoisotopic (exact) mass is 327 g/mol. The topological polar surface area (TPSA) is 70.1 Å². The Balaban J connectivity index is 1.76. The fourth-order valence-electron chi connectivity index (χ4n) is 2.54. The number of hydrogen-bond donors (Lipinski definition) is 0. The molecule has 118 valence electrons. The molecular weight excluding hydrogens is 310 g/mol. The zero-order valence-electron chi connectivity index (χ0n) is 13.1. The van der Waals surface area contributed by atoms with E-state index in [4.69, 9.17) is 9.68 Å². The Morgan fingerprint density at radius 3 is 2.70 bits per heavy atom. The molecule has 5 nitrogen and oxygen atoms in total. The van der Waals surface area contributed by atoms with Gasteiger partial charge < -0.3 is 9.32 Å². The van der Waals surface area contributed by atoms with E-state index < -0.39 is 0 Å². The molecule has 23 heavy (non-hydrogen) atoms. The summed E-state index contributed by atoms with van der Waals surface area (Å²) in [5.41, 5.74) is 2.29. The fraction of sp³-hybridized carbons (Fsp3) is 0.353. The number of nitriles is 1. The first-order valence-electron chi connectivity index (χ1n) is 7.50. The number of piperidine rings is 1. The van der Waals surface area contributed by atoms with Crippen LogP contribution in [0.15, 0.2) is 33.9 Å². The number of oxazole rings is 1. The van der Waals surface area contributed by atoms with Crippen LogP contribution in [-0.4, -0.2) is 22.7 Å². The summed E-state index contributed by atoms with van der Waals surface area (Å²) < 4.78 is 5.58. The van der Waals surface area contributed by atoms with E-state index in [1.165, 1.54) is 11.8 Å². The van der Waals surface area contributed by atoms with Gasteiger partial charge in [-0.15, -0.1) is 0 Å². The Morgan fingerprint density at radius 1 is 1.35 bits per heavy atom. The second-order valence-electron chi connectivity index (χ2n) is 5.52. The standard InChI is InChI=1S/C17H17N3O2S/c1-11-12(2)22-17(19-11)23-15-4-3-9-20(16(15)21)14-7-5-13(10-18)6-8-14/h5-8,15H,3-4,9H2,1-2H3. The molecule has 1 aliphatic rings. The zero-order chi connectivity index (χ0) is 16.4. The summed E-state index contributed by atoms with van der Waals surface area (Å²) in [6.45, 7) is 4.47. The van der Waals surface area contributed by atoms with Gasteiger partial charge in [-0.3, -0.25) is 4.79 Å². The zero-order valence-corrected chi connectivity index (χ0v) is 13.9. The van der Waals surface area contributed by atoms with E-state index in [1.807, 2.05) is 26.0 Å². The third-order valence-electron chi connectivity index (χ3n) is 3.95. The van der Waals surface area contributed by atoms with Crippen molar-refractivity contribution >= 4 is 23.4 Å². The van der Waals surface area contributed by atoms with Crippen LogP contribution in [0.2, 0.25) is 0 Å². The second-order valence-corrected chi connectivity index (χ2v) is 6.67. The molecule has 1 aromatic carbocycles. The molecule has 1 aliphatic heterocycles. The molecule has 1 fully saturated rings. The van der Waals surface area contributed by atoms with Gasteiger partial charge in [0.2, 0.25) is 5.91 Å². The molecular formula is C17H17N3O2S. The second kappa shape index (κ2) is 6.47. The van der Waals surface area contributed by atoms with Crippen molar-refractivity contribution in [2.24, 2.45) is 0 Å². The lowest BCUT2D eigenvalue weighted by molar-refractivity contribution is -0.119. The Morgan fingerprint density at radius 2 is 2.09 bits per heavy atom. The van der Waals surface area contributed by atoms with Crippen LogP contribution in [0.3, 0.4) is 0 Å². The van der Waals surface area contributed by atoms with Gasteiger partial charge in [-0.05, 0) is 51.0 Å². The average molecular weight is 327 g/mol. The SMILES string of the molecule is Cc1nc(SC2CCCN(c3ccc(C#N)cc3)C2=O)oc1C. The molecule has 1 unspecified atom stereocenters. The van der Waals surface area contributed by atoms with E-state index in [0.29, 0.717) is 17.3 Å². The van der Waals surface area contributed by atoms with Crippen LogP contribution < -0.4 is 4.90 Å². The van der Waals surface area contributed by atoms with Crippen LogP contribution in [0.4, 0.5) is 5.69 Å². The van der Waals surface area contributed by atoms with Gasteiger partial charge in [0.25, 0.3) is 5.22 Å². The number of carbonyl (C=O) groups is 1. The Bertz CT molecular complexity index is 742. The fourth-order valence-corrected chi connectivity index (χ4v) is 3.66. The average Bonchev–Trinajstić information content (AvgIpc) is 2.87. The summed E-state index contributed by atoms with van der Waals surface area (Å²) in [5, 5.41) is 9.24. The van der Waals surface area contributed by atoms with E-state index in [0.717, 1.165) is 30.0 Å². The maximum Gasteiger partial charge on any atom is 0.256 e. The maximum absolute atomic E-state index is 12.7. The van der Waals surface area contributed by atoms with Crippen molar-refractivity contribution in [3.05, 3.63) is 41.3 Å². The molecule has 3 rings (SSSR count). The maximum atomic E-state index is 12.7. The van der Waals surface area contributed by atoms with Gasteiger partial charge in [0.15, 0.2) is 0 Å². The normalized spacial score (nSPS) is 18.0. The highest BCUT2D eigenvalue weighted by Crippen LogP contribution is 2.32. The highest BCUT2D eigenvalue weighted by Gasteiger charge is 2.31. The van der Waals surface area contributed by atoms with Crippen LogP contribution in [0.25, 0.3) is 0 Å². The lowest BCUT2D eigenvalue weighted by Crippen LogP contribution is -2.42. The van der Waals surface area contributed by atoms with Crippen molar-refractivity contribution in [3.63, 3.8) is 0 Å². The predicted molar refractivity (Wildman–Crippen MR) is 88.4 cm³/mol. The first-order chi connectivity index (χ1) is 11.1. The van der Waals surface area contributed by atoms with E-state index in [-0.39, 0.29) is 11.2 Å². The van der Waals surface area contributed by atoms with Crippen molar-refractivity contribution in [3.8, 4) is 6.07 Å². The highest BCUT2D eigenvalue weighted by atomic mass is 32.2. The third-order valence-corrected chi connectivity index (χ3v) is 5.05. The Kier molecular flexibility index (Phi) is 4.39. The first-order valence-corrected chi connectivity index (χ1v) is 8.38. The number of hydrogen-bond acceptors (Lipinski definition) is 5. The molecule has 2 aromatic rings. The van der Waals surface area contributed by atoms with Crippen molar-refractivity contribution in [1.29, 1.82) is 5.26 Å². The van der Waals surface area contributed by atoms with Gasteiger partial charge in [-0.1, -0.05) is 11.8 Å². The predicted octanol–water partition coefficient (Wildman–Crippen LogP) is 3.45. The van der Waals surface area contributed by atoms with Crippen molar-refractivity contribution in [2.75, 3.05) is 11.4 Å². The number of aryl methyl sites for hydroxylation is 2. The van der Waals surface area contributed by atoms with Crippen LogP contribution in [0.5, 0.6) is 0 Å². The minimum atomic E-state index is -0.183. The molecule has 1 saturated heterocycles. The van der Waals surface area contributed by atoms with E-state index in [1.54, 1.807) is 17.0 Å². The minimum Gasteiger partial charge on any atom is -0.437 e. The first kappa shape index (κ1) is 15.6. The molecule has 1 aromatic heterocycles. The number of benzene rings is 1. The molecule has 1 atom stereocenters. The largest absolute Gasteiger partial charge is 0.437 e. The molecule has 0 spiro atoms.